The molecule has 1 heterocycles. The summed E-state index contributed by atoms with van der Waals surface area (Å²) in [6.45, 7) is 3.03. The van der Waals surface area contributed by atoms with Gasteiger partial charge in [0.2, 0.25) is 6.79 Å². The van der Waals surface area contributed by atoms with E-state index in [9.17, 15) is 14.4 Å². The summed E-state index contributed by atoms with van der Waals surface area (Å²) in [6.07, 6.45) is 0.189. The van der Waals surface area contributed by atoms with Gasteiger partial charge < -0.3 is 19.5 Å². The van der Waals surface area contributed by atoms with Crippen LogP contribution in [0.25, 0.3) is 0 Å². The first kappa shape index (κ1) is 20.7. The van der Waals surface area contributed by atoms with E-state index in [1.165, 1.54) is 24.6 Å². The first-order valence-corrected chi connectivity index (χ1v) is 10.0. The molecule has 0 saturated heterocycles. The number of anilines is 1. The molecule has 0 unspecified atom stereocenters. The van der Waals surface area contributed by atoms with E-state index >= 15 is 0 Å². The van der Waals surface area contributed by atoms with Gasteiger partial charge in [-0.2, -0.15) is 0 Å². The Bertz CT molecular complexity index is 926. The molecule has 0 fully saturated rings. The minimum absolute atomic E-state index is 0.0578. The second-order valence-electron chi connectivity index (χ2n) is 6.43. The first-order chi connectivity index (χ1) is 13.9. The standard InChI is InChI=1S/C21H21NO6S/c1-13-3-5-15(6-4-13)29-8-7-21(25)26-11-20(24)22-17-10-19-18(27-12-28-19)9-16(17)14(2)23/h3-6,9-10H,7-8,11-12H2,1-2H3,(H,22,24). The quantitative estimate of drug-likeness (QED) is 0.400. The number of carbonyl (C=O) groups excluding carboxylic acids is 3. The molecular weight excluding hydrogens is 394 g/mol. The summed E-state index contributed by atoms with van der Waals surface area (Å²) in [4.78, 5) is 36.9. The van der Waals surface area contributed by atoms with Crippen molar-refractivity contribution in [3.05, 3.63) is 47.5 Å². The molecule has 1 aliphatic rings. The normalized spacial score (nSPS) is 11.8. The number of hydrogen-bond acceptors (Lipinski definition) is 7. The fraction of sp³-hybridized carbons (Fsp3) is 0.286. The number of hydrogen-bond donors (Lipinski definition) is 1. The molecule has 0 radical (unpaired) electrons. The van der Waals surface area contributed by atoms with Crippen molar-refractivity contribution in [2.75, 3.05) is 24.5 Å². The van der Waals surface area contributed by atoms with Crippen LogP contribution in [0.1, 0.15) is 29.3 Å². The van der Waals surface area contributed by atoms with E-state index in [0.717, 1.165) is 4.90 Å². The summed E-state index contributed by atoms with van der Waals surface area (Å²) >= 11 is 1.55. The van der Waals surface area contributed by atoms with E-state index in [1.54, 1.807) is 11.8 Å². The van der Waals surface area contributed by atoms with Gasteiger partial charge in [-0.1, -0.05) is 17.7 Å². The SMILES string of the molecule is CC(=O)c1cc2c(cc1NC(=O)COC(=O)CCSc1ccc(C)cc1)OCO2. The number of amides is 1. The Kier molecular flexibility index (Phi) is 6.77. The van der Waals surface area contributed by atoms with Gasteiger partial charge in [-0.25, -0.2) is 0 Å². The molecule has 8 heteroatoms. The van der Waals surface area contributed by atoms with Crippen LogP contribution in [-0.4, -0.2) is 36.8 Å². The second kappa shape index (κ2) is 9.47. The Labute approximate surface area is 172 Å². The first-order valence-electron chi connectivity index (χ1n) is 9.02. The van der Waals surface area contributed by atoms with Gasteiger partial charge in [0.15, 0.2) is 23.9 Å². The minimum atomic E-state index is -0.536. The van der Waals surface area contributed by atoms with E-state index in [-0.39, 0.29) is 24.7 Å². The van der Waals surface area contributed by atoms with Gasteiger partial charge in [-0.05, 0) is 32.0 Å². The molecule has 3 rings (SSSR count). The lowest BCUT2D eigenvalue weighted by atomic mass is 10.1. The molecule has 152 valence electrons. The maximum absolute atomic E-state index is 12.1. The van der Waals surface area contributed by atoms with Gasteiger partial charge >= 0.3 is 5.97 Å². The number of fused-ring (bicyclic) bond motifs is 1. The number of benzene rings is 2. The Morgan fingerprint density at radius 3 is 2.48 bits per heavy atom. The summed E-state index contributed by atoms with van der Waals surface area (Å²) in [6, 6.07) is 11.1. The zero-order valence-electron chi connectivity index (χ0n) is 16.2. The average Bonchev–Trinajstić information content (AvgIpc) is 3.14. The number of carbonyl (C=O) groups is 3. The molecule has 1 amide bonds. The number of ketones is 1. The van der Waals surface area contributed by atoms with Crippen LogP contribution in [0.15, 0.2) is 41.3 Å². The van der Waals surface area contributed by atoms with Crippen LogP contribution in [0, 0.1) is 6.92 Å². The predicted molar refractivity (Wildman–Crippen MR) is 109 cm³/mol. The van der Waals surface area contributed by atoms with Crippen LogP contribution in [0.2, 0.25) is 0 Å². The Hall–Kier alpha value is -3.00. The van der Waals surface area contributed by atoms with E-state index < -0.39 is 18.5 Å². The highest BCUT2D eigenvalue weighted by molar-refractivity contribution is 7.99. The number of Topliss-reactive ketones (excluding diaryl/α,β-unsaturated/α-hetero) is 1. The smallest absolute Gasteiger partial charge is 0.307 e. The molecule has 7 nitrogen and oxygen atoms in total. The highest BCUT2D eigenvalue weighted by Crippen LogP contribution is 2.37. The fourth-order valence-corrected chi connectivity index (χ4v) is 3.46. The third-order valence-electron chi connectivity index (χ3n) is 4.13. The molecule has 0 saturated carbocycles. The molecule has 29 heavy (non-hydrogen) atoms. The van der Waals surface area contributed by atoms with Crippen molar-refractivity contribution in [2.45, 2.75) is 25.2 Å². The molecule has 2 aromatic carbocycles. The third-order valence-corrected chi connectivity index (χ3v) is 5.14. The maximum atomic E-state index is 12.1. The Balaban J connectivity index is 1.46. The predicted octanol–water partition coefficient (Wildman–Crippen LogP) is 3.59. The van der Waals surface area contributed by atoms with Gasteiger partial charge in [0, 0.05) is 22.3 Å². The third kappa shape index (κ3) is 5.74. The van der Waals surface area contributed by atoms with Crippen LogP contribution in [0.4, 0.5) is 5.69 Å². The summed E-state index contributed by atoms with van der Waals surface area (Å²) in [5.41, 5.74) is 1.76. The molecule has 0 spiro atoms. The van der Waals surface area contributed by atoms with Crippen LogP contribution < -0.4 is 14.8 Å². The fourth-order valence-electron chi connectivity index (χ4n) is 2.63. The second-order valence-corrected chi connectivity index (χ2v) is 7.60. The van der Waals surface area contributed by atoms with Gasteiger partial charge in [0.05, 0.1) is 12.1 Å². The van der Waals surface area contributed by atoms with Gasteiger partial charge in [0.25, 0.3) is 5.91 Å². The lowest BCUT2D eigenvalue weighted by Crippen LogP contribution is -2.22. The molecule has 1 N–H and O–H groups in total. The summed E-state index contributed by atoms with van der Waals surface area (Å²) in [5, 5.41) is 2.59. The average molecular weight is 415 g/mol. The summed E-state index contributed by atoms with van der Waals surface area (Å²) in [7, 11) is 0. The van der Waals surface area contributed by atoms with Gasteiger partial charge in [-0.15, -0.1) is 11.8 Å². The number of aryl methyl sites for hydroxylation is 1. The van der Waals surface area contributed by atoms with Crippen molar-refractivity contribution in [3.63, 3.8) is 0 Å². The molecule has 0 aromatic heterocycles. The minimum Gasteiger partial charge on any atom is -0.456 e. The van der Waals surface area contributed by atoms with E-state index in [4.69, 9.17) is 14.2 Å². The zero-order chi connectivity index (χ0) is 20.8. The molecule has 0 aliphatic carbocycles. The number of rotatable bonds is 8. The highest BCUT2D eigenvalue weighted by Gasteiger charge is 2.20. The van der Waals surface area contributed by atoms with Crippen LogP contribution in [0.5, 0.6) is 11.5 Å². The number of ether oxygens (including phenoxy) is 3. The molecule has 0 atom stereocenters. The number of thioether (sulfide) groups is 1. The van der Waals surface area contributed by atoms with E-state index in [2.05, 4.69) is 5.32 Å². The van der Waals surface area contributed by atoms with Crippen molar-refractivity contribution >= 4 is 35.1 Å². The lowest BCUT2D eigenvalue weighted by Gasteiger charge is -2.11. The summed E-state index contributed by atoms with van der Waals surface area (Å²) < 4.78 is 15.5. The van der Waals surface area contributed by atoms with E-state index in [1.807, 2.05) is 31.2 Å². The zero-order valence-corrected chi connectivity index (χ0v) is 17.0. The molecule has 2 aromatic rings. The topological polar surface area (TPSA) is 90.9 Å². The van der Waals surface area contributed by atoms with Crippen molar-refractivity contribution in [2.24, 2.45) is 0 Å². The highest BCUT2D eigenvalue weighted by atomic mass is 32.2. The number of nitrogens with one attached hydrogen (secondary N) is 1. The maximum Gasteiger partial charge on any atom is 0.307 e. The Morgan fingerprint density at radius 2 is 1.79 bits per heavy atom. The number of esters is 1. The van der Waals surface area contributed by atoms with Crippen molar-refractivity contribution in [1.82, 2.24) is 0 Å². The Morgan fingerprint density at radius 1 is 1.10 bits per heavy atom. The monoisotopic (exact) mass is 415 g/mol. The van der Waals surface area contributed by atoms with Crippen LogP contribution >= 0.6 is 11.8 Å². The molecule has 1 aliphatic heterocycles. The van der Waals surface area contributed by atoms with E-state index in [0.29, 0.717) is 22.8 Å². The lowest BCUT2D eigenvalue weighted by molar-refractivity contribution is -0.146. The van der Waals surface area contributed by atoms with Crippen LogP contribution in [-0.2, 0) is 14.3 Å². The molecule has 0 bridgehead atoms. The largest absolute Gasteiger partial charge is 0.456 e. The van der Waals surface area contributed by atoms with Gasteiger partial charge in [0.1, 0.15) is 0 Å². The van der Waals surface area contributed by atoms with Crippen LogP contribution in [0.3, 0.4) is 0 Å². The van der Waals surface area contributed by atoms with Crippen molar-refractivity contribution < 1.29 is 28.6 Å². The molecular formula is C21H21NO6S. The van der Waals surface area contributed by atoms with Gasteiger partial charge in [-0.3, -0.25) is 14.4 Å². The van der Waals surface area contributed by atoms with Crippen molar-refractivity contribution in [3.8, 4) is 11.5 Å². The summed E-state index contributed by atoms with van der Waals surface area (Å²) in [5.74, 6) is 0.216. The van der Waals surface area contributed by atoms with Crippen molar-refractivity contribution in [1.29, 1.82) is 0 Å².